The van der Waals surface area contributed by atoms with Gasteiger partial charge in [0.1, 0.15) is 17.8 Å². The van der Waals surface area contributed by atoms with Gasteiger partial charge < -0.3 is 25.8 Å². The minimum Gasteiger partial charge on any atom is -0.393 e. The van der Waals surface area contributed by atoms with Gasteiger partial charge in [-0.25, -0.2) is 4.98 Å². The Morgan fingerprint density at radius 1 is 1.57 bits per heavy atom. The molecule has 6 N–H and O–H groups in total. The Kier molecular flexibility index (Phi) is 2.99. The van der Waals surface area contributed by atoms with E-state index in [0.29, 0.717) is 0 Å². The molecule has 1 aliphatic heterocycles. The number of anilines is 1. The summed E-state index contributed by atoms with van der Waals surface area (Å²) < 4.78 is 6.84. The molecule has 0 radical (unpaired) electrons. The molecule has 0 aliphatic carbocycles. The molecule has 3 heterocycles. The van der Waals surface area contributed by atoms with Crippen molar-refractivity contribution in [1.82, 2.24) is 19.5 Å². The minimum absolute atomic E-state index is 0.0343. The van der Waals surface area contributed by atoms with Crippen molar-refractivity contribution in [1.29, 1.82) is 0 Å². The van der Waals surface area contributed by atoms with Crippen LogP contribution < -0.4 is 11.3 Å². The number of nitrogens with one attached hydrogen (secondary N) is 1. The third-order valence-corrected chi connectivity index (χ3v) is 3.67. The Bertz CT molecular complexity index is 742. The fourth-order valence-electron chi connectivity index (χ4n) is 2.41. The number of fused-ring (bicyclic) bond motifs is 1. The summed E-state index contributed by atoms with van der Waals surface area (Å²) >= 11 is 0. The van der Waals surface area contributed by atoms with Gasteiger partial charge in [0.05, 0.1) is 12.9 Å². The number of aromatic amines is 1. The lowest BCUT2D eigenvalue weighted by atomic mass is 9.99. The van der Waals surface area contributed by atoms with E-state index in [1.807, 2.05) is 0 Å². The van der Waals surface area contributed by atoms with Crippen LogP contribution in [0.15, 0.2) is 11.1 Å². The zero-order valence-corrected chi connectivity index (χ0v) is 11.1. The van der Waals surface area contributed by atoms with E-state index in [9.17, 15) is 20.1 Å². The summed E-state index contributed by atoms with van der Waals surface area (Å²) in [5.74, 6) is -0.104. The number of nitrogens with two attached hydrogens (primary N) is 1. The first-order chi connectivity index (χ1) is 9.87. The van der Waals surface area contributed by atoms with Crippen molar-refractivity contribution in [3.05, 3.63) is 16.7 Å². The largest absolute Gasteiger partial charge is 0.393 e. The number of hydrogen-bond donors (Lipinski definition) is 5. The summed E-state index contributed by atoms with van der Waals surface area (Å²) in [6.45, 7) is 0.985. The summed E-state index contributed by atoms with van der Waals surface area (Å²) in [6.07, 6.45) is -2.40. The Morgan fingerprint density at radius 2 is 2.29 bits per heavy atom. The second-order valence-corrected chi connectivity index (χ2v) is 5.19. The maximum atomic E-state index is 11.7. The van der Waals surface area contributed by atoms with Gasteiger partial charge in [0.25, 0.3) is 5.56 Å². The molecular formula is C11H15N5O5. The summed E-state index contributed by atoms with van der Waals surface area (Å²) in [4.78, 5) is 21.9. The molecule has 10 nitrogen and oxygen atoms in total. The molecule has 2 aromatic heterocycles. The van der Waals surface area contributed by atoms with Gasteiger partial charge in [-0.3, -0.25) is 14.3 Å². The zero-order valence-electron chi connectivity index (χ0n) is 11.1. The molecule has 4 atom stereocenters. The fourth-order valence-corrected chi connectivity index (χ4v) is 2.41. The summed E-state index contributed by atoms with van der Waals surface area (Å²) in [5.41, 5.74) is 3.80. The average Bonchev–Trinajstić information content (AvgIpc) is 2.95. The predicted molar refractivity (Wildman–Crippen MR) is 70.2 cm³/mol. The molecule has 0 saturated carbocycles. The van der Waals surface area contributed by atoms with Crippen molar-refractivity contribution < 1.29 is 20.1 Å². The number of aromatic nitrogens is 4. The number of rotatable bonds is 2. The third-order valence-electron chi connectivity index (χ3n) is 3.67. The SMILES string of the molecule is CC1(CO)O[C@@H](n2cnc3c(=O)[nH]c(N)nc32)[C@@H](O)C1O. The molecule has 0 aromatic carbocycles. The van der Waals surface area contributed by atoms with E-state index < -0.39 is 36.2 Å². The highest BCUT2D eigenvalue weighted by molar-refractivity contribution is 5.70. The average molecular weight is 297 g/mol. The van der Waals surface area contributed by atoms with Crippen LogP contribution in [0.3, 0.4) is 0 Å². The van der Waals surface area contributed by atoms with Crippen LogP contribution >= 0.6 is 0 Å². The highest BCUT2D eigenvalue weighted by atomic mass is 16.6. The molecular weight excluding hydrogens is 282 g/mol. The highest BCUT2D eigenvalue weighted by Gasteiger charge is 2.52. The fraction of sp³-hybridized carbons (Fsp3) is 0.545. The Morgan fingerprint density at radius 3 is 2.90 bits per heavy atom. The monoisotopic (exact) mass is 297 g/mol. The van der Waals surface area contributed by atoms with Crippen LogP contribution in [0, 0.1) is 0 Å². The van der Waals surface area contributed by atoms with Gasteiger partial charge in [-0.2, -0.15) is 4.98 Å². The smallest absolute Gasteiger partial charge is 0.280 e. The molecule has 1 fully saturated rings. The van der Waals surface area contributed by atoms with Crippen LogP contribution in [0.25, 0.3) is 11.2 Å². The third kappa shape index (κ3) is 1.92. The number of H-pyrrole nitrogens is 1. The first-order valence-electron chi connectivity index (χ1n) is 6.24. The number of nitrogen functional groups attached to an aromatic ring is 1. The van der Waals surface area contributed by atoms with E-state index in [4.69, 9.17) is 10.5 Å². The van der Waals surface area contributed by atoms with Crippen LogP contribution in [0.2, 0.25) is 0 Å². The Balaban J connectivity index is 2.12. The maximum Gasteiger partial charge on any atom is 0.280 e. The van der Waals surface area contributed by atoms with Gasteiger partial charge in [-0.1, -0.05) is 0 Å². The lowest BCUT2D eigenvalue weighted by Crippen LogP contribution is -2.43. The first kappa shape index (κ1) is 13.9. The summed E-state index contributed by atoms with van der Waals surface area (Å²) in [5, 5.41) is 29.4. The van der Waals surface area contributed by atoms with E-state index >= 15 is 0 Å². The molecule has 0 bridgehead atoms. The molecule has 2 unspecified atom stereocenters. The van der Waals surface area contributed by atoms with Crippen molar-refractivity contribution >= 4 is 17.1 Å². The van der Waals surface area contributed by atoms with Crippen LogP contribution in [-0.2, 0) is 4.74 Å². The van der Waals surface area contributed by atoms with E-state index in [-0.39, 0.29) is 17.1 Å². The highest BCUT2D eigenvalue weighted by Crippen LogP contribution is 2.37. The maximum absolute atomic E-state index is 11.7. The second kappa shape index (κ2) is 4.49. The molecule has 10 heteroatoms. The van der Waals surface area contributed by atoms with Crippen LogP contribution in [0.4, 0.5) is 5.95 Å². The second-order valence-electron chi connectivity index (χ2n) is 5.19. The molecule has 114 valence electrons. The topological polar surface area (TPSA) is 160 Å². The van der Waals surface area contributed by atoms with E-state index in [0.717, 1.165) is 0 Å². The molecule has 0 amide bonds. The Labute approximate surface area is 117 Å². The van der Waals surface area contributed by atoms with E-state index in [2.05, 4.69) is 15.0 Å². The zero-order chi connectivity index (χ0) is 15.4. The van der Waals surface area contributed by atoms with Gasteiger partial charge in [0, 0.05) is 0 Å². The van der Waals surface area contributed by atoms with Gasteiger partial charge in [-0.15, -0.1) is 0 Å². The lowest BCUT2D eigenvalue weighted by molar-refractivity contribution is -0.115. The molecule has 2 aromatic rings. The standard InChI is InChI=1S/C11H15N5O5/c1-11(2-17)6(19)5(18)9(21-11)16-3-13-4-7(16)14-10(12)15-8(4)20/h3,5-6,9,17-19H,2H2,1H3,(H3,12,14,15,20)/t5-,6?,9+,11?/m0/s1. The van der Waals surface area contributed by atoms with E-state index in [1.165, 1.54) is 17.8 Å². The number of imidazole rings is 1. The van der Waals surface area contributed by atoms with Crippen molar-refractivity contribution in [2.75, 3.05) is 12.3 Å². The quantitative estimate of drug-likeness (QED) is 0.414. The van der Waals surface area contributed by atoms with Crippen molar-refractivity contribution in [2.24, 2.45) is 0 Å². The van der Waals surface area contributed by atoms with Gasteiger partial charge in [0.15, 0.2) is 17.4 Å². The normalized spacial score (nSPS) is 32.9. The lowest BCUT2D eigenvalue weighted by Gasteiger charge is -2.24. The number of nitrogens with zero attached hydrogens (tertiary/aromatic N) is 3. The number of aliphatic hydroxyl groups excluding tert-OH is 3. The van der Waals surface area contributed by atoms with Gasteiger partial charge in [0.2, 0.25) is 5.95 Å². The van der Waals surface area contributed by atoms with Crippen LogP contribution in [0.1, 0.15) is 13.2 Å². The molecule has 0 spiro atoms. The molecule has 3 rings (SSSR count). The van der Waals surface area contributed by atoms with Crippen molar-refractivity contribution in [2.45, 2.75) is 31.0 Å². The predicted octanol–water partition coefficient (Wildman–Crippen LogP) is -2.30. The number of aliphatic hydroxyl groups is 3. The first-order valence-corrected chi connectivity index (χ1v) is 6.24. The Hall–Kier alpha value is -2.01. The van der Waals surface area contributed by atoms with Crippen molar-refractivity contribution in [3.8, 4) is 0 Å². The number of hydrogen-bond acceptors (Lipinski definition) is 8. The minimum atomic E-state index is -1.33. The van der Waals surface area contributed by atoms with Gasteiger partial charge >= 0.3 is 0 Å². The van der Waals surface area contributed by atoms with Gasteiger partial charge in [-0.05, 0) is 6.92 Å². The molecule has 1 aliphatic rings. The van der Waals surface area contributed by atoms with Crippen LogP contribution in [-0.4, -0.2) is 59.3 Å². The van der Waals surface area contributed by atoms with Crippen molar-refractivity contribution in [3.63, 3.8) is 0 Å². The summed E-state index contributed by atoms with van der Waals surface area (Å²) in [7, 11) is 0. The summed E-state index contributed by atoms with van der Waals surface area (Å²) in [6, 6.07) is 0. The molecule has 1 saturated heterocycles. The van der Waals surface area contributed by atoms with Crippen LogP contribution in [0.5, 0.6) is 0 Å². The molecule has 21 heavy (non-hydrogen) atoms. The number of ether oxygens (including phenoxy) is 1. The van der Waals surface area contributed by atoms with E-state index in [1.54, 1.807) is 0 Å².